The summed E-state index contributed by atoms with van der Waals surface area (Å²) < 4.78 is 6.89. The van der Waals surface area contributed by atoms with Gasteiger partial charge in [-0.2, -0.15) is 0 Å². The molecule has 0 N–H and O–H groups in total. The number of thiocarbonyl (C=S) groups is 1. The maximum Gasteiger partial charge on any atom is 0.219 e. The molecule has 1 nitrogen and oxygen atoms in total. The Balaban J connectivity index is 1.42. The van der Waals surface area contributed by atoms with Crippen molar-refractivity contribution < 1.29 is 4.74 Å². The molecular weight excluding hydrogens is 428 g/mol. The van der Waals surface area contributed by atoms with E-state index < -0.39 is 0 Å². The summed E-state index contributed by atoms with van der Waals surface area (Å²) in [7, 11) is 0. The second kappa shape index (κ2) is 10.1. The van der Waals surface area contributed by atoms with Crippen molar-refractivity contribution in [1.29, 1.82) is 0 Å². The van der Waals surface area contributed by atoms with E-state index in [1.54, 1.807) is 11.8 Å². The lowest BCUT2D eigenvalue weighted by atomic mass is 9.44. The first-order chi connectivity index (χ1) is 15.2. The average molecular weight is 479 g/mol. The Kier molecular flexibility index (Phi) is 7.98. The van der Waals surface area contributed by atoms with Gasteiger partial charge >= 0.3 is 0 Å². The number of rotatable bonds is 6. The van der Waals surface area contributed by atoms with Gasteiger partial charge in [-0.1, -0.05) is 65.6 Å². The second-order valence-corrected chi connectivity index (χ2v) is 14.6. The van der Waals surface area contributed by atoms with Crippen molar-refractivity contribution in [2.75, 3.05) is 6.26 Å². The summed E-state index contributed by atoms with van der Waals surface area (Å²) in [5.74, 6) is 6.55. The van der Waals surface area contributed by atoms with Crippen LogP contribution in [-0.4, -0.2) is 16.7 Å². The van der Waals surface area contributed by atoms with E-state index in [4.69, 9.17) is 17.0 Å². The van der Waals surface area contributed by atoms with E-state index in [1.165, 1.54) is 77.0 Å². The lowest BCUT2D eigenvalue weighted by Crippen LogP contribution is -2.54. The topological polar surface area (TPSA) is 9.23 Å². The largest absolute Gasteiger partial charge is 0.475 e. The van der Waals surface area contributed by atoms with E-state index in [0.717, 1.165) is 45.8 Å². The molecule has 0 aromatic heterocycles. The van der Waals surface area contributed by atoms with Crippen LogP contribution < -0.4 is 0 Å². The van der Waals surface area contributed by atoms with Crippen molar-refractivity contribution in [1.82, 2.24) is 0 Å². The summed E-state index contributed by atoms with van der Waals surface area (Å²) in [6.45, 7) is 12.8. The van der Waals surface area contributed by atoms with Crippen molar-refractivity contribution in [2.45, 2.75) is 118 Å². The summed E-state index contributed by atoms with van der Waals surface area (Å²) in [5.41, 5.74) is 1.17. The summed E-state index contributed by atoms with van der Waals surface area (Å²) >= 11 is 6.97. The molecule has 0 amide bonds. The lowest BCUT2D eigenvalue weighted by Gasteiger charge is -2.61. The van der Waals surface area contributed by atoms with Gasteiger partial charge in [-0.3, -0.25) is 0 Å². The van der Waals surface area contributed by atoms with Crippen LogP contribution in [0.5, 0.6) is 0 Å². The zero-order valence-electron chi connectivity index (χ0n) is 21.8. The smallest absolute Gasteiger partial charge is 0.219 e. The van der Waals surface area contributed by atoms with Gasteiger partial charge in [0, 0.05) is 0 Å². The maximum atomic E-state index is 6.14. The molecule has 0 aromatic rings. The van der Waals surface area contributed by atoms with Gasteiger partial charge in [0.1, 0.15) is 6.10 Å². The highest BCUT2D eigenvalue weighted by atomic mass is 32.2. The highest BCUT2D eigenvalue weighted by Gasteiger charge is 2.60. The van der Waals surface area contributed by atoms with Crippen LogP contribution in [0.1, 0.15) is 112 Å². The molecule has 0 spiro atoms. The maximum absolute atomic E-state index is 6.14. The first-order valence-electron chi connectivity index (χ1n) is 13.9. The van der Waals surface area contributed by atoms with Crippen molar-refractivity contribution in [3.05, 3.63) is 0 Å². The predicted molar refractivity (Wildman–Crippen MR) is 144 cm³/mol. The van der Waals surface area contributed by atoms with Crippen LogP contribution in [0.3, 0.4) is 0 Å². The minimum atomic E-state index is 0.376. The van der Waals surface area contributed by atoms with Gasteiger partial charge < -0.3 is 4.74 Å². The average Bonchev–Trinajstić information content (AvgIpc) is 3.11. The Hall–Kier alpha value is 0.240. The van der Waals surface area contributed by atoms with Crippen molar-refractivity contribution in [2.24, 2.45) is 52.3 Å². The fraction of sp³-hybridized carbons (Fsp3) is 0.966. The third-order valence-corrected chi connectivity index (χ3v) is 12.3. The Labute approximate surface area is 209 Å². The van der Waals surface area contributed by atoms with Crippen LogP contribution in [0.2, 0.25) is 0 Å². The number of fused-ring (bicyclic) bond motifs is 5. The van der Waals surface area contributed by atoms with Crippen LogP contribution in [0.4, 0.5) is 0 Å². The molecule has 4 rings (SSSR count). The number of ether oxygens (including phenoxy) is 1. The van der Waals surface area contributed by atoms with E-state index in [2.05, 4.69) is 34.6 Å². The predicted octanol–water partition coefficient (Wildman–Crippen LogP) is 9.14. The Bertz CT molecular complexity index is 662. The summed E-state index contributed by atoms with van der Waals surface area (Å²) in [6, 6.07) is 0. The van der Waals surface area contributed by atoms with Crippen molar-refractivity contribution in [3.63, 3.8) is 0 Å². The molecule has 0 heterocycles. The Morgan fingerprint density at radius 2 is 1.66 bits per heavy atom. The van der Waals surface area contributed by atoms with Crippen molar-refractivity contribution >= 4 is 28.4 Å². The molecule has 4 fully saturated rings. The molecule has 3 heteroatoms. The molecule has 0 aromatic carbocycles. The van der Waals surface area contributed by atoms with E-state index in [0.29, 0.717) is 16.9 Å². The summed E-state index contributed by atoms with van der Waals surface area (Å²) in [6.07, 6.45) is 19.5. The van der Waals surface area contributed by atoms with Gasteiger partial charge in [0.15, 0.2) is 0 Å². The Morgan fingerprint density at radius 3 is 2.38 bits per heavy atom. The van der Waals surface area contributed by atoms with Gasteiger partial charge in [-0.05, 0) is 129 Å². The summed E-state index contributed by atoms with van der Waals surface area (Å²) in [4.78, 5) is 0. The minimum absolute atomic E-state index is 0.376. The summed E-state index contributed by atoms with van der Waals surface area (Å²) in [5, 5.41) is 0. The molecule has 0 saturated heterocycles. The first kappa shape index (κ1) is 25.3. The lowest BCUT2D eigenvalue weighted by molar-refractivity contribution is -0.127. The Morgan fingerprint density at radius 1 is 0.938 bits per heavy atom. The van der Waals surface area contributed by atoms with Crippen LogP contribution in [-0.2, 0) is 4.74 Å². The van der Waals surface area contributed by atoms with Crippen LogP contribution in [0.25, 0.3) is 0 Å². The fourth-order valence-electron chi connectivity index (χ4n) is 9.53. The van der Waals surface area contributed by atoms with Gasteiger partial charge in [-0.15, -0.1) is 0 Å². The number of thioether (sulfide) groups is 1. The highest BCUT2D eigenvalue weighted by Crippen LogP contribution is 2.68. The molecular formula is C29H50OS2. The molecule has 9 atom stereocenters. The normalized spacial score (nSPS) is 44.5. The van der Waals surface area contributed by atoms with Gasteiger partial charge in [0.05, 0.1) is 0 Å². The standard InChI is InChI=1S/C29H50OS2/c1-19(2)8-7-9-20(3)24-12-13-25-23-11-10-21-18-22(30-27(31)32-6)14-16-28(21,4)26(23)15-17-29(24,25)5/h19-26H,7-18H2,1-6H3/t20-,21+,22-,23+,24-,25+,26+,28+,29-/m1/s1. The molecule has 4 aliphatic rings. The van der Waals surface area contributed by atoms with Gasteiger partial charge in [0.2, 0.25) is 4.38 Å². The number of hydrogen-bond acceptors (Lipinski definition) is 3. The zero-order chi connectivity index (χ0) is 23.1. The molecule has 32 heavy (non-hydrogen) atoms. The van der Waals surface area contributed by atoms with Crippen LogP contribution in [0.15, 0.2) is 0 Å². The van der Waals surface area contributed by atoms with Gasteiger partial charge in [0.25, 0.3) is 0 Å². The minimum Gasteiger partial charge on any atom is -0.475 e. The van der Waals surface area contributed by atoms with E-state index in [1.807, 2.05) is 6.26 Å². The number of hydrogen-bond donors (Lipinski definition) is 0. The first-order valence-corrected chi connectivity index (χ1v) is 15.6. The molecule has 184 valence electrons. The van der Waals surface area contributed by atoms with Gasteiger partial charge in [-0.25, -0.2) is 0 Å². The van der Waals surface area contributed by atoms with Crippen LogP contribution in [0, 0.1) is 52.3 Å². The van der Waals surface area contributed by atoms with Crippen LogP contribution >= 0.6 is 24.0 Å². The van der Waals surface area contributed by atoms with E-state index >= 15 is 0 Å². The zero-order valence-corrected chi connectivity index (χ0v) is 23.5. The molecule has 0 bridgehead atoms. The molecule has 0 radical (unpaired) electrons. The fourth-order valence-corrected chi connectivity index (χ4v) is 9.90. The monoisotopic (exact) mass is 478 g/mol. The third kappa shape index (κ3) is 4.69. The third-order valence-electron chi connectivity index (χ3n) is 11.2. The SMILES string of the molecule is CSC(=S)O[C@@H]1CC[C@@]2(C)[C@@H](CC[C@@H]3[C@@H]2CC[C@]2(C)[C@@H]([C@H](C)CCCC(C)C)CC[C@@H]32)C1. The molecule has 4 saturated carbocycles. The molecule has 0 unspecified atom stereocenters. The van der Waals surface area contributed by atoms with E-state index in [-0.39, 0.29) is 0 Å². The molecule has 4 aliphatic carbocycles. The highest BCUT2D eigenvalue weighted by molar-refractivity contribution is 8.22. The van der Waals surface area contributed by atoms with Crippen molar-refractivity contribution in [3.8, 4) is 0 Å². The molecule has 0 aliphatic heterocycles. The second-order valence-electron chi connectivity index (χ2n) is 13.2. The van der Waals surface area contributed by atoms with E-state index in [9.17, 15) is 0 Å². The quantitative estimate of drug-likeness (QED) is 0.352.